The average molecular weight is 382 g/mol. The molecular formula is C12H10F3IN2O. The van der Waals surface area contributed by atoms with Crippen LogP contribution in [0.2, 0.25) is 0 Å². The highest BCUT2D eigenvalue weighted by Crippen LogP contribution is 2.30. The average Bonchev–Trinajstić information content (AvgIpc) is 2.31. The lowest BCUT2D eigenvalue weighted by Crippen LogP contribution is -2.24. The molecule has 0 bridgehead atoms. The Hall–Kier alpha value is -1.12. The number of nitrogens with zero attached hydrogens (tertiary/aromatic N) is 2. The van der Waals surface area contributed by atoms with Gasteiger partial charge in [0, 0.05) is 6.20 Å². The van der Waals surface area contributed by atoms with Gasteiger partial charge in [0.05, 0.1) is 0 Å². The second-order valence-corrected chi connectivity index (χ2v) is 5.50. The summed E-state index contributed by atoms with van der Waals surface area (Å²) in [5, 5.41) is 0. The van der Waals surface area contributed by atoms with Crippen LogP contribution in [0.5, 0.6) is 0 Å². The largest absolute Gasteiger partial charge is 0.434 e. The Morgan fingerprint density at radius 1 is 1.37 bits per heavy atom. The van der Waals surface area contributed by atoms with Gasteiger partial charge < -0.3 is 0 Å². The number of fused-ring (bicyclic) bond motifs is 1. The van der Waals surface area contributed by atoms with Gasteiger partial charge in [-0.1, -0.05) is 13.8 Å². The van der Waals surface area contributed by atoms with E-state index in [0.717, 1.165) is 9.96 Å². The van der Waals surface area contributed by atoms with Crippen LogP contribution in [0, 0.1) is 3.57 Å². The molecular weight excluding hydrogens is 372 g/mol. The van der Waals surface area contributed by atoms with Crippen LogP contribution in [0.4, 0.5) is 13.2 Å². The molecule has 0 N–H and O–H groups in total. The van der Waals surface area contributed by atoms with E-state index in [1.165, 1.54) is 34.9 Å². The molecule has 19 heavy (non-hydrogen) atoms. The van der Waals surface area contributed by atoms with Crippen molar-refractivity contribution in [1.82, 2.24) is 9.38 Å². The van der Waals surface area contributed by atoms with E-state index < -0.39 is 21.0 Å². The molecule has 2 rings (SSSR count). The molecule has 0 aliphatic carbocycles. The first kappa shape index (κ1) is 14.3. The van der Waals surface area contributed by atoms with Crippen molar-refractivity contribution in [2.45, 2.75) is 25.9 Å². The summed E-state index contributed by atoms with van der Waals surface area (Å²) in [6.45, 7) is 3.84. The fourth-order valence-corrected chi connectivity index (χ4v) is 2.37. The standard InChI is InChI=1S/C12H10F3IN2O/c1-6(2)7-3-4-18-8(5-7)17-10(12(13,14)15)9(16)11(18)19/h3-6H,1-2H3. The fraction of sp³-hybridized carbons (Fsp3) is 0.333. The molecule has 0 saturated carbocycles. The Morgan fingerprint density at radius 3 is 2.53 bits per heavy atom. The highest BCUT2D eigenvalue weighted by atomic mass is 127. The Balaban J connectivity index is 2.82. The molecule has 0 aromatic carbocycles. The zero-order chi connectivity index (χ0) is 14.4. The summed E-state index contributed by atoms with van der Waals surface area (Å²) in [4.78, 5) is 15.5. The van der Waals surface area contributed by atoms with Crippen LogP contribution in [-0.4, -0.2) is 9.38 Å². The van der Waals surface area contributed by atoms with E-state index >= 15 is 0 Å². The minimum atomic E-state index is -4.63. The van der Waals surface area contributed by atoms with Crippen LogP contribution < -0.4 is 5.56 Å². The molecule has 0 saturated heterocycles. The Morgan fingerprint density at radius 2 is 2.00 bits per heavy atom. The van der Waals surface area contributed by atoms with Gasteiger partial charge in [0.25, 0.3) is 5.56 Å². The molecule has 0 amide bonds. The molecule has 2 heterocycles. The minimum absolute atomic E-state index is 0.0175. The first-order chi connectivity index (χ1) is 8.71. The van der Waals surface area contributed by atoms with E-state index in [9.17, 15) is 18.0 Å². The van der Waals surface area contributed by atoms with Gasteiger partial charge in [-0.25, -0.2) is 4.98 Å². The normalized spacial score (nSPS) is 12.4. The smallest absolute Gasteiger partial charge is 0.268 e. The van der Waals surface area contributed by atoms with Gasteiger partial charge in [-0.3, -0.25) is 9.20 Å². The molecule has 0 fully saturated rings. The minimum Gasteiger partial charge on any atom is -0.268 e. The molecule has 102 valence electrons. The molecule has 3 nitrogen and oxygen atoms in total. The topological polar surface area (TPSA) is 34.4 Å². The molecule has 0 spiro atoms. The van der Waals surface area contributed by atoms with Crippen LogP contribution in [0.3, 0.4) is 0 Å². The summed E-state index contributed by atoms with van der Waals surface area (Å²) < 4.78 is 39.1. The first-order valence-electron chi connectivity index (χ1n) is 5.51. The third kappa shape index (κ3) is 2.60. The number of pyridine rings is 1. The number of aromatic nitrogens is 2. The van der Waals surface area contributed by atoms with Gasteiger partial charge in [0.15, 0.2) is 5.69 Å². The van der Waals surface area contributed by atoms with Crippen molar-refractivity contribution in [3.63, 3.8) is 0 Å². The van der Waals surface area contributed by atoms with Crippen molar-refractivity contribution in [3.05, 3.63) is 43.5 Å². The molecule has 7 heteroatoms. The maximum atomic E-state index is 12.8. The molecule has 0 radical (unpaired) electrons. The van der Waals surface area contributed by atoms with Gasteiger partial charge in [0.2, 0.25) is 0 Å². The third-order valence-electron chi connectivity index (χ3n) is 2.73. The second kappa shape index (κ2) is 4.77. The summed E-state index contributed by atoms with van der Waals surface area (Å²) in [5.41, 5.74) is -0.975. The van der Waals surface area contributed by atoms with Crippen LogP contribution in [-0.2, 0) is 6.18 Å². The van der Waals surface area contributed by atoms with Crippen LogP contribution in [0.1, 0.15) is 31.0 Å². The fourth-order valence-electron chi connectivity index (χ4n) is 1.68. The highest BCUT2D eigenvalue weighted by Gasteiger charge is 2.36. The van der Waals surface area contributed by atoms with E-state index in [0.29, 0.717) is 0 Å². The molecule has 2 aromatic rings. The molecule has 0 aliphatic rings. The summed E-state index contributed by atoms with van der Waals surface area (Å²) >= 11 is 1.38. The van der Waals surface area contributed by atoms with Gasteiger partial charge in [-0.2, -0.15) is 13.2 Å². The zero-order valence-electron chi connectivity index (χ0n) is 10.1. The summed E-state index contributed by atoms with van der Waals surface area (Å²) in [5.74, 6) is 0.149. The summed E-state index contributed by atoms with van der Waals surface area (Å²) in [6.07, 6.45) is -3.17. The SMILES string of the molecule is CC(C)c1ccn2c(=O)c(I)c(C(F)(F)F)nc2c1. The number of halogens is 4. The van der Waals surface area contributed by atoms with Gasteiger partial charge in [-0.15, -0.1) is 0 Å². The van der Waals surface area contributed by atoms with Crippen molar-refractivity contribution in [3.8, 4) is 0 Å². The molecule has 0 atom stereocenters. The summed E-state index contributed by atoms with van der Waals surface area (Å²) in [7, 11) is 0. The zero-order valence-corrected chi connectivity index (χ0v) is 12.3. The predicted octanol–water partition coefficient (Wildman–Crippen LogP) is 3.44. The quantitative estimate of drug-likeness (QED) is 0.709. The lowest BCUT2D eigenvalue weighted by Gasteiger charge is -2.11. The van der Waals surface area contributed by atoms with Gasteiger partial charge in [-0.05, 0) is 46.2 Å². The Kier molecular flexibility index (Phi) is 3.59. The van der Waals surface area contributed by atoms with Crippen LogP contribution in [0.25, 0.3) is 5.65 Å². The van der Waals surface area contributed by atoms with E-state index in [-0.39, 0.29) is 11.6 Å². The van der Waals surface area contributed by atoms with E-state index in [1.807, 2.05) is 13.8 Å². The van der Waals surface area contributed by atoms with Gasteiger partial charge >= 0.3 is 6.18 Å². The predicted molar refractivity (Wildman–Crippen MR) is 73.3 cm³/mol. The van der Waals surface area contributed by atoms with Crippen molar-refractivity contribution in [2.24, 2.45) is 0 Å². The highest BCUT2D eigenvalue weighted by molar-refractivity contribution is 14.1. The van der Waals surface area contributed by atoms with Crippen LogP contribution in [0.15, 0.2) is 23.1 Å². The maximum absolute atomic E-state index is 12.8. The maximum Gasteiger partial charge on any atom is 0.434 e. The lowest BCUT2D eigenvalue weighted by atomic mass is 10.1. The number of hydrogen-bond donors (Lipinski definition) is 0. The number of hydrogen-bond acceptors (Lipinski definition) is 2. The summed E-state index contributed by atoms with van der Waals surface area (Å²) in [6, 6.07) is 3.22. The molecule has 0 aliphatic heterocycles. The van der Waals surface area contributed by atoms with Crippen molar-refractivity contribution in [2.75, 3.05) is 0 Å². The van der Waals surface area contributed by atoms with E-state index in [4.69, 9.17) is 0 Å². The lowest BCUT2D eigenvalue weighted by molar-refractivity contribution is -0.141. The van der Waals surface area contributed by atoms with Crippen molar-refractivity contribution >= 4 is 28.2 Å². The Labute approximate surface area is 120 Å². The molecule has 2 aromatic heterocycles. The monoisotopic (exact) mass is 382 g/mol. The number of rotatable bonds is 1. The van der Waals surface area contributed by atoms with E-state index in [1.54, 1.807) is 6.07 Å². The van der Waals surface area contributed by atoms with Crippen molar-refractivity contribution < 1.29 is 13.2 Å². The Bertz CT molecular complexity index is 692. The molecule has 0 unspecified atom stereocenters. The second-order valence-electron chi connectivity index (χ2n) is 4.42. The van der Waals surface area contributed by atoms with Crippen molar-refractivity contribution in [1.29, 1.82) is 0 Å². The van der Waals surface area contributed by atoms with E-state index in [2.05, 4.69) is 4.98 Å². The third-order valence-corrected chi connectivity index (χ3v) is 3.71. The first-order valence-corrected chi connectivity index (χ1v) is 6.58. The number of alkyl halides is 3. The van der Waals surface area contributed by atoms with Crippen LogP contribution >= 0.6 is 22.6 Å². The van der Waals surface area contributed by atoms with Gasteiger partial charge in [0.1, 0.15) is 9.22 Å².